The topological polar surface area (TPSA) is 147 Å². The van der Waals surface area contributed by atoms with Crippen LogP contribution in [0.3, 0.4) is 0 Å². The van der Waals surface area contributed by atoms with Gasteiger partial charge in [0.05, 0.1) is 35.0 Å². The van der Waals surface area contributed by atoms with Crippen molar-refractivity contribution in [1.29, 1.82) is 0 Å². The number of benzene rings is 2. The van der Waals surface area contributed by atoms with Crippen LogP contribution in [-0.2, 0) is 33.2 Å². The van der Waals surface area contributed by atoms with Gasteiger partial charge < -0.3 is 38.6 Å². The maximum atomic E-state index is 13.6. The van der Waals surface area contributed by atoms with Gasteiger partial charge in [-0.2, -0.15) is 0 Å². The van der Waals surface area contributed by atoms with Crippen LogP contribution in [0.2, 0.25) is 0 Å². The van der Waals surface area contributed by atoms with E-state index in [1.54, 1.807) is 73.7 Å². The van der Waals surface area contributed by atoms with E-state index in [-0.39, 0.29) is 46.2 Å². The number of rotatable bonds is 5. The van der Waals surface area contributed by atoms with Crippen molar-refractivity contribution < 1.29 is 53.0 Å². The Morgan fingerprint density at radius 1 is 0.815 bits per heavy atom. The van der Waals surface area contributed by atoms with E-state index in [4.69, 9.17) is 28.4 Å². The van der Waals surface area contributed by atoms with Gasteiger partial charge in [0.15, 0.2) is 6.10 Å². The Balaban J connectivity index is 1.00. The second kappa shape index (κ2) is 13.0. The van der Waals surface area contributed by atoms with Crippen LogP contribution in [0, 0.1) is 34.5 Å². The number of esters is 3. The smallest absolute Gasteiger partial charge is 0.338 e. The molecule has 0 spiro atoms. The summed E-state index contributed by atoms with van der Waals surface area (Å²) in [5.41, 5.74) is 0.0827. The van der Waals surface area contributed by atoms with Crippen molar-refractivity contribution in [2.24, 2.45) is 34.5 Å². The number of fused-ring (bicyclic) bond motifs is 7. The highest BCUT2D eigenvalue weighted by molar-refractivity contribution is 5.90. The van der Waals surface area contributed by atoms with Gasteiger partial charge in [-0.15, -0.1) is 0 Å². The SMILES string of the molecule is C[C@H]1O[C@H]2O[C@@H]3C[C@@H]4CC[C@@H]5[C@H](CC[C@]6(C)[C@@H](C7=CC(=O)OC7)CC[C@]56O)[C@@]4(C)C[C@H]3O[C@@]2(O)[C@@H](OC(=O)c2ccccc2)[C@@H]1OC(=O)c1ccccc1. The molecule has 0 unspecified atom stereocenters. The fourth-order valence-electron chi connectivity index (χ4n) is 12.1. The molecule has 11 nitrogen and oxygen atoms in total. The molecule has 2 aromatic rings. The van der Waals surface area contributed by atoms with Gasteiger partial charge >= 0.3 is 17.9 Å². The minimum atomic E-state index is -2.30. The Bertz CT molecular complexity index is 1830. The van der Waals surface area contributed by atoms with Crippen LogP contribution in [0.4, 0.5) is 0 Å². The van der Waals surface area contributed by atoms with E-state index < -0.39 is 54.0 Å². The summed E-state index contributed by atoms with van der Waals surface area (Å²) < 4.78 is 37.0. The number of carbonyl (C=O) groups excluding carboxylic acids is 3. The highest BCUT2D eigenvalue weighted by Gasteiger charge is 2.71. The molecule has 4 aliphatic carbocycles. The Hall–Kier alpha value is -3.61. The number of hydrogen-bond acceptors (Lipinski definition) is 11. The fraction of sp³-hybridized carbons (Fsp3) is 0.605. The summed E-state index contributed by atoms with van der Waals surface area (Å²) in [5.74, 6) is -3.29. The van der Waals surface area contributed by atoms with Crippen molar-refractivity contribution in [1.82, 2.24) is 0 Å². The second-order valence-corrected chi connectivity index (χ2v) is 17.4. The van der Waals surface area contributed by atoms with E-state index in [9.17, 15) is 24.6 Å². The molecule has 288 valence electrons. The van der Waals surface area contributed by atoms with Crippen molar-refractivity contribution in [3.05, 3.63) is 83.4 Å². The lowest BCUT2D eigenvalue weighted by Crippen LogP contribution is -2.74. The van der Waals surface area contributed by atoms with Crippen molar-refractivity contribution in [3.63, 3.8) is 0 Å². The normalized spacial score (nSPS) is 45.0. The quantitative estimate of drug-likeness (QED) is 0.227. The lowest BCUT2D eigenvalue weighted by molar-refractivity contribution is -0.467. The third-order valence-electron chi connectivity index (χ3n) is 14.9. The molecule has 3 aliphatic heterocycles. The molecule has 2 saturated heterocycles. The molecule has 14 atom stereocenters. The van der Waals surface area contributed by atoms with Crippen molar-refractivity contribution in [3.8, 4) is 0 Å². The van der Waals surface area contributed by atoms with Gasteiger partial charge in [-0.05, 0) is 117 Å². The maximum absolute atomic E-state index is 13.6. The zero-order chi connectivity index (χ0) is 37.6. The molecular formula is C43H50O11. The average molecular weight is 743 g/mol. The van der Waals surface area contributed by atoms with E-state index in [0.29, 0.717) is 37.4 Å². The Labute approximate surface area is 315 Å². The fourth-order valence-corrected chi connectivity index (χ4v) is 12.1. The van der Waals surface area contributed by atoms with Crippen molar-refractivity contribution >= 4 is 17.9 Å². The van der Waals surface area contributed by atoms with Gasteiger partial charge in [0, 0.05) is 11.5 Å². The zero-order valence-electron chi connectivity index (χ0n) is 31.1. The van der Waals surface area contributed by atoms with Crippen LogP contribution in [0.25, 0.3) is 0 Å². The van der Waals surface area contributed by atoms with Crippen molar-refractivity contribution in [2.45, 2.75) is 120 Å². The van der Waals surface area contributed by atoms with Crippen LogP contribution in [0.5, 0.6) is 0 Å². The van der Waals surface area contributed by atoms with E-state index in [1.807, 2.05) is 0 Å². The number of carbonyl (C=O) groups is 3. The molecular weight excluding hydrogens is 692 g/mol. The number of aliphatic hydroxyl groups is 2. The van der Waals surface area contributed by atoms with Crippen LogP contribution in [-0.4, -0.2) is 82.9 Å². The largest absolute Gasteiger partial charge is 0.458 e. The first kappa shape index (κ1) is 36.1. The molecule has 11 heteroatoms. The van der Waals surface area contributed by atoms with Crippen LogP contribution in [0.15, 0.2) is 72.3 Å². The van der Waals surface area contributed by atoms with E-state index in [1.165, 1.54) is 0 Å². The highest BCUT2D eigenvalue weighted by Crippen LogP contribution is 2.70. The zero-order valence-corrected chi connectivity index (χ0v) is 31.1. The molecule has 2 aromatic carbocycles. The first-order chi connectivity index (χ1) is 25.8. The number of hydrogen-bond donors (Lipinski definition) is 2. The average Bonchev–Trinajstić information content (AvgIpc) is 3.71. The number of ether oxygens (including phenoxy) is 6. The van der Waals surface area contributed by atoms with Gasteiger partial charge in [-0.1, -0.05) is 50.2 Å². The lowest BCUT2D eigenvalue weighted by Gasteiger charge is -2.65. The van der Waals surface area contributed by atoms with Crippen LogP contribution in [0.1, 0.15) is 92.9 Å². The lowest BCUT2D eigenvalue weighted by atomic mass is 9.43. The summed E-state index contributed by atoms with van der Waals surface area (Å²) in [6, 6.07) is 16.9. The monoisotopic (exact) mass is 742 g/mol. The van der Waals surface area contributed by atoms with Gasteiger partial charge in [0.25, 0.3) is 5.79 Å². The van der Waals surface area contributed by atoms with Crippen molar-refractivity contribution in [2.75, 3.05) is 6.61 Å². The molecule has 0 aromatic heterocycles. The Morgan fingerprint density at radius 2 is 1.50 bits per heavy atom. The van der Waals surface area contributed by atoms with Gasteiger partial charge in [-0.25, -0.2) is 14.4 Å². The molecule has 0 amide bonds. The summed E-state index contributed by atoms with van der Waals surface area (Å²) in [6.07, 6.45) is 2.19. The van der Waals surface area contributed by atoms with Gasteiger partial charge in [0.1, 0.15) is 6.61 Å². The van der Waals surface area contributed by atoms with E-state index in [0.717, 1.165) is 37.7 Å². The van der Waals surface area contributed by atoms with Gasteiger partial charge in [0.2, 0.25) is 12.4 Å². The Kier molecular flexibility index (Phi) is 8.67. The minimum Gasteiger partial charge on any atom is -0.458 e. The van der Waals surface area contributed by atoms with Crippen LogP contribution >= 0.6 is 0 Å². The second-order valence-electron chi connectivity index (χ2n) is 17.4. The summed E-state index contributed by atoms with van der Waals surface area (Å²) in [5, 5.41) is 25.4. The standard InChI is InChI=1S/C43H50O11/c1-24-35(52-37(45)25-10-6-4-7-11-25)36(53-38(46)26-12-8-5-9-13-26)43(48)39(50-24)51-32-21-28-14-15-31-30(40(28,2)22-33(32)54-43)16-18-41(3)29(17-19-42(31,41)47)27-20-34(44)49-23-27/h4-13,20,24,28-33,35-36,39,47-48H,14-19,21-23H2,1-3H3/t24-,28+,29-,30+,31-,32-,33-,35-,36+,39+,40+,41-,42+,43+/m1/s1. The minimum absolute atomic E-state index is 0.0678. The predicted octanol–water partition coefficient (Wildman–Crippen LogP) is 5.52. The molecule has 4 saturated carbocycles. The first-order valence-corrected chi connectivity index (χ1v) is 19.7. The predicted molar refractivity (Wildman–Crippen MR) is 191 cm³/mol. The Morgan fingerprint density at radius 3 is 2.17 bits per heavy atom. The molecule has 3 heterocycles. The molecule has 0 radical (unpaired) electrons. The van der Waals surface area contributed by atoms with Crippen LogP contribution < -0.4 is 0 Å². The molecule has 9 rings (SSSR count). The molecule has 0 bridgehead atoms. The first-order valence-electron chi connectivity index (χ1n) is 19.7. The maximum Gasteiger partial charge on any atom is 0.338 e. The number of cyclic esters (lactones) is 1. The molecule has 6 fully saturated rings. The summed E-state index contributed by atoms with van der Waals surface area (Å²) in [7, 11) is 0. The summed E-state index contributed by atoms with van der Waals surface area (Å²) in [4.78, 5) is 39.1. The summed E-state index contributed by atoms with van der Waals surface area (Å²) in [6.45, 7) is 6.53. The third kappa shape index (κ3) is 5.44. The van der Waals surface area contributed by atoms with Gasteiger partial charge in [-0.3, -0.25) is 0 Å². The van der Waals surface area contributed by atoms with E-state index >= 15 is 0 Å². The highest BCUT2D eigenvalue weighted by atomic mass is 16.8. The molecule has 2 N–H and O–H groups in total. The molecule has 54 heavy (non-hydrogen) atoms. The molecule has 7 aliphatic rings. The third-order valence-corrected chi connectivity index (χ3v) is 14.9. The summed E-state index contributed by atoms with van der Waals surface area (Å²) >= 11 is 0. The van der Waals surface area contributed by atoms with E-state index in [2.05, 4.69) is 13.8 Å².